The molecule has 0 aliphatic carbocycles. The van der Waals surface area contributed by atoms with Gasteiger partial charge in [-0.05, 0) is 81.8 Å². The van der Waals surface area contributed by atoms with E-state index in [-0.39, 0.29) is 5.41 Å². The molecule has 48 heavy (non-hydrogen) atoms. The fourth-order valence-electron chi connectivity index (χ4n) is 8.50. The summed E-state index contributed by atoms with van der Waals surface area (Å²) in [4.78, 5) is 2.55. The van der Waals surface area contributed by atoms with Crippen LogP contribution in [0.1, 0.15) is 30.5 Å². The Morgan fingerprint density at radius 1 is 0.646 bits per heavy atom. The fourth-order valence-corrected chi connectivity index (χ4v) is 8.50. The Kier molecular flexibility index (Phi) is 5.64. The minimum absolute atomic E-state index is 0.0897. The molecule has 3 heterocycles. The standard InChI is InChI=1S/C44H33BN2O/c1-26-24-30(42-37(25-26)47-36-19-8-7-15-31(36)44(2,3)32-16-10-17-33(45-42)43(32)47)40-28-13-5-4-12-27(28)22-23-35(40)46-34-18-11-21-39-41(34)29-14-6-9-20-38(29)48-39/h4-25,45-46H,1-3H3. The summed E-state index contributed by atoms with van der Waals surface area (Å²) in [5.74, 6) is 0. The van der Waals surface area contributed by atoms with Crippen LogP contribution in [0.5, 0.6) is 0 Å². The van der Waals surface area contributed by atoms with Crippen molar-refractivity contribution in [1.82, 2.24) is 0 Å². The summed E-state index contributed by atoms with van der Waals surface area (Å²) in [5, 5.41) is 8.61. The minimum Gasteiger partial charge on any atom is -0.456 e. The number of benzene rings is 7. The molecule has 0 fully saturated rings. The topological polar surface area (TPSA) is 28.4 Å². The lowest BCUT2D eigenvalue weighted by Gasteiger charge is -2.46. The van der Waals surface area contributed by atoms with Crippen molar-refractivity contribution < 1.29 is 4.42 Å². The highest BCUT2D eigenvalue weighted by atomic mass is 16.3. The third-order valence-electron chi connectivity index (χ3n) is 10.7. The highest BCUT2D eigenvalue weighted by molar-refractivity contribution is 6.73. The van der Waals surface area contributed by atoms with Gasteiger partial charge in [-0.1, -0.05) is 116 Å². The van der Waals surface area contributed by atoms with E-state index in [1.54, 1.807) is 0 Å². The number of hydrogen-bond donors (Lipinski definition) is 1. The summed E-state index contributed by atoms with van der Waals surface area (Å²) in [6.45, 7) is 6.98. The largest absolute Gasteiger partial charge is 0.456 e. The highest BCUT2D eigenvalue weighted by Gasteiger charge is 2.41. The molecule has 10 rings (SSSR count). The first kappa shape index (κ1) is 27.4. The zero-order valence-corrected chi connectivity index (χ0v) is 27.3. The van der Waals surface area contributed by atoms with Crippen LogP contribution >= 0.6 is 0 Å². The number of para-hydroxylation sites is 3. The molecule has 0 unspecified atom stereocenters. The summed E-state index contributed by atoms with van der Waals surface area (Å²) in [6.07, 6.45) is 0. The number of aryl methyl sites for hydroxylation is 1. The van der Waals surface area contributed by atoms with Gasteiger partial charge < -0.3 is 14.6 Å². The van der Waals surface area contributed by atoms with E-state index in [9.17, 15) is 0 Å². The van der Waals surface area contributed by atoms with Gasteiger partial charge >= 0.3 is 0 Å². The van der Waals surface area contributed by atoms with E-state index in [2.05, 4.69) is 152 Å². The molecule has 3 nitrogen and oxygen atoms in total. The molecule has 0 bridgehead atoms. The molecule has 0 saturated heterocycles. The monoisotopic (exact) mass is 616 g/mol. The maximum Gasteiger partial charge on any atom is 0.198 e. The summed E-state index contributed by atoms with van der Waals surface area (Å²) < 4.78 is 6.28. The quantitative estimate of drug-likeness (QED) is 0.200. The van der Waals surface area contributed by atoms with E-state index in [0.29, 0.717) is 0 Å². The second-order valence-corrected chi connectivity index (χ2v) is 13.9. The number of rotatable bonds is 3. The van der Waals surface area contributed by atoms with Gasteiger partial charge in [0.15, 0.2) is 7.28 Å². The molecule has 4 heteroatoms. The summed E-state index contributed by atoms with van der Waals surface area (Å²) in [7, 11) is 0.869. The van der Waals surface area contributed by atoms with E-state index >= 15 is 0 Å². The summed E-state index contributed by atoms with van der Waals surface area (Å²) in [5.41, 5.74) is 16.9. The predicted octanol–water partition coefficient (Wildman–Crippen LogP) is 10.3. The second kappa shape index (κ2) is 9.89. The molecule has 0 saturated carbocycles. The molecular weight excluding hydrogens is 583 g/mol. The van der Waals surface area contributed by atoms with Gasteiger partial charge in [-0.15, -0.1) is 0 Å². The first-order valence-corrected chi connectivity index (χ1v) is 16.8. The van der Waals surface area contributed by atoms with Crippen LogP contribution in [0.4, 0.5) is 28.4 Å². The molecule has 0 atom stereocenters. The normalized spacial score (nSPS) is 14.0. The average Bonchev–Trinajstić information content (AvgIpc) is 3.49. The number of fused-ring (bicyclic) bond motifs is 8. The van der Waals surface area contributed by atoms with Crippen molar-refractivity contribution in [3.8, 4) is 11.1 Å². The third-order valence-corrected chi connectivity index (χ3v) is 10.7. The van der Waals surface area contributed by atoms with Gasteiger partial charge in [-0.3, -0.25) is 0 Å². The zero-order chi connectivity index (χ0) is 32.1. The second-order valence-electron chi connectivity index (χ2n) is 13.9. The Morgan fingerprint density at radius 2 is 1.40 bits per heavy atom. The summed E-state index contributed by atoms with van der Waals surface area (Å²) in [6, 6.07) is 48.5. The van der Waals surface area contributed by atoms with Crippen molar-refractivity contribution >= 4 is 79.4 Å². The Hall–Kier alpha value is -5.74. The molecule has 228 valence electrons. The van der Waals surface area contributed by atoms with Crippen molar-refractivity contribution in [3.63, 3.8) is 0 Å². The maximum absolute atomic E-state index is 6.28. The van der Waals surface area contributed by atoms with E-state index < -0.39 is 0 Å². The predicted molar refractivity (Wildman–Crippen MR) is 204 cm³/mol. The minimum atomic E-state index is -0.0897. The highest BCUT2D eigenvalue weighted by Crippen LogP contribution is 2.52. The van der Waals surface area contributed by atoms with E-state index in [1.807, 2.05) is 12.1 Å². The van der Waals surface area contributed by atoms with Crippen molar-refractivity contribution in [1.29, 1.82) is 0 Å². The van der Waals surface area contributed by atoms with E-state index in [4.69, 9.17) is 4.42 Å². The van der Waals surface area contributed by atoms with Gasteiger partial charge in [0.25, 0.3) is 0 Å². The lowest BCUT2D eigenvalue weighted by molar-refractivity contribution is 0.632. The van der Waals surface area contributed by atoms with Crippen LogP contribution in [0.25, 0.3) is 43.8 Å². The van der Waals surface area contributed by atoms with Crippen LogP contribution in [0, 0.1) is 6.92 Å². The Balaban J connectivity index is 1.24. The Morgan fingerprint density at radius 3 is 2.31 bits per heavy atom. The van der Waals surface area contributed by atoms with Crippen LogP contribution < -0.4 is 21.1 Å². The average molecular weight is 617 g/mol. The Labute approximate surface area is 280 Å². The molecule has 7 aromatic carbocycles. The van der Waals surface area contributed by atoms with Gasteiger partial charge in [-0.25, -0.2) is 0 Å². The van der Waals surface area contributed by atoms with E-state index in [0.717, 1.165) is 40.6 Å². The molecule has 0 amide bonds. The Bertz CT molecular complexity index is 2630. The molecule has 0 radical (unpaired) electrons. The van der Waals surface area contributed by atoms with Crippen molar-refractivity contribution in [2.75, 3.05) is 10.2 Å². The van der Waals surface area contributed by atoms with Crippen LogP contribution in [-0.4, -0.2) is 7.28 Å². The van der Waals surface area contributed by atoms with Crippen molar-refractivity contribution in [2.24, 2.45) is 0 Å². The fraction of sp³-hybridized carbons (Fsp3) is 0.0909. The van der Waals surface area contributed by atoms with Gasteiger partial charge in [0.1, 0.15) is 11.2 Å². The summed E-state index contributed by atoms with van der Waals surface area (Å²) >= 11 is 0. The first-order valence-electron chi connectivity index (χ1n) is 16.8. The SMILES string of the molecule is Cc1cc(-c2c(Nc3cccc4oc5ccccc5c34)ccc3ccccc23)c2c(c1)N1c3ccccc3C(C)(C)c3cccc(c31)B2. The molecular formula is C44H33BN2O. The van der Waals surface area contributed by atoms with Gasteiger partial charge in [0, 0.05) is 33.4 Å². The van der Waals surface area contributed by atoms with Crippen molar-refractivity contribution in [2.45, 2.75) is 26.2 Å². The zero-order valence-electron chi connectivity index (χ0n) is 27.3. The van der Waals surface area contributed by atoms with Crippen LogP contribution in [0.15, 0.2) is 138 Å². The molecule has 0 spiro atoms. The number of furan rings is 1. The molecule has 8 aromatic rings. The molecule has 1 N–H and O–H groups in total. The lowest BCUT2D eigenvalue weighted by Crippen LogP contribution is -2.45. The van der Waals surface area contributed by atoms with E-state index in [1.165, 1.54) is 66.6 Å². The van der Waals surface area contributed by atoms with Crippen LogP contribution in [-0.2, 0) is 5.41 Å². The van der Waals surface area contributed by atoms with Crippen LogP contribution in [0.3, 0.4) is 0 Å². The number of hydrogen-bond acceptors (Lipinski definition) is 3. The first-order chi connectivity index (χ1) is 23.5. The number of nitrogens with one attached hydrogen (secondary N) is 1. The number of anilines is 5. The maximum atomic E-state index is 6.28. The number of nitrogens with zero attached hydrogens (tertiary/aromatic N) is 1. The van der Waals surface area contributed by atoms with Gasteiger partial charge in [-0.2, -0.15) is 0 Å². The van der Waals surface area contributed by atoms with Crippen LogP contribution in [0.2, 0.25) is 0 Å². The molecule has 2 aliphatic rings. The van der Waals surface area contributed by atoms with Crippen molar-refractivity contribution in [3.05, 3.63) is 150 Å². The molecule has 1 aromatic heterocycles. The van der Waals surface area contributed by atoms with Gasteiger partial charge in [0.2, 0.25) is 0 Å². The third kappa shape index (κ3) is 3.77. The van der Waals surface area contributed by atoms with Gasteiger partial charge in [0.05, 0.1) is 16.8 Å². The smallest absolute Gasteiger partial charge is 0.198 e. The lowest BCUT2D eigenvalue weighted by atomic mass is 9.55. The molecule has 2 aliphatic heterocycles.